The van der Waals surface area contributed by atoms with Gasteiger partial charge in [-0.25, -0.2) is 8.42 Å². The van der Waals surface area contributed by atoms with E-state index in [1.807, 2.05) is 18.7 Å². The van der Waals surface area contributed by atoms with Crippen LogP contribution < -0.4 is 0 Å². The van der Waals surface area contributed by atoms with Gasteiger partial charge in [-0.2, -0.15) is 4.31 Å². The van der Waals surface area contributed by atoms with Crippen LogP contribution in [0, 0.1) is 11.8 Å². The summed E-state index contributed by atoms with van der Waals surface area (Å²) >= 11 is 0. The Bertz CT molecular complexity index is 829. The molecule has 2 heterocycles. The molecule has 6 nitrogen and oxygen atoms in total. The summed E-state index contributed by atoms with van der Waals surface area (Å²) in [6.07, 6.45) is 5.96. The van der Waals surface area contributed by atoms with Crippen LogP contribution in [-0.4, -0.2) is 61.9 Å². The van der Waals surface area contributed by atoms with E-state index in [9.17, 15) is 13.2 Å². The molecule has 0 aromatic heterocycles. The van der Waals surface area contributed by atoms with Crippen LogP contribution in [0.15, 0.2) is 29.2 Å². The summed E-state index contributed by atoms with van der Waals surface area (Å²) in [4.78, 5) is 15.2. The summed E-state index contributed by atoms with van der Waals surface area (Å²) in [5.41, 5.74) is 0.571. The molecule has 0 N–H and O–H groups in total. The summed E-state index contributed by atoms with van der Waals surface area (Å²) in [7, 11) is -3.58. The number of carbonyl (C=O) groups is 1. The summed E-state index contributed by atoms with van der Waals surface area (Å²) in [5.74, 6) is 1.43. The van der Waals surface area contributed by atoms with E-state index >= 15 is 0 Å². The highest BCUT2D eigenvalue weighted by Crippen LogP contribution is 2.36. The van der Waals surface area contributed by atoms with Crippen LogP contribution in [-0.2, 0) is 14.8 Å². The van der Waals surface area contributed by atoms with Crippen molar-refractivity contribution >= 4 is 15.9 Å². The highest BCUT2D eigenvalue weighted by atomic mass is 32.2. The fraction of sp³-hybridized carbons (Fsp3) is 0.682. The van der Waals surface area contributed by atoms with Gasteiger partial charge < -0.3 is 9.64 Å². The number of ether oxygens (including phenoxy) is 1. The molecule has 1 aromatic carbocycles. The molecule has 0 bridgehead atoms. The number of rotatable bonds is 3. The largest absolute Gasteiger partial charge is 0.373 e. The fourth-order valence-corrected chi connectivity index (χ4v) is 6.80. The molecule has 2 aliphatic heterocycles. The molecule has 1 amide bonds. The monoisotopic (exact) mass is 420 g/mol. The minimum atomic E-state index is -3.58. The lowest BCUT2D eigenvalue weighted by molar-refractivity contribution is -0.0440. The zero-order valence-corrected chi connectivity index (χ0v) is 18.2. The quantitative estimate of drug-likeness (QED) is 0.753. The van der Waals surface area contributed by atoms with Crippen LogP contribution in [0.25, 0.3) is 0 Å². The molecular formula is C22H32N2O4S. The first-order valence-electron chi connectivity index (χ1n) is 10.9. The number of nitrogens with zero attached hydrogens (tertiary/aromatic N) is 2. The average Bonchev–Trinajstić information content (AvgIpc) is 2.72. The van der Waals surface area contributed by atoms with E-state index < -0.39 is 10.0 Å². The third-order valence-electron chi connectivity index (χ3n) is 6.70. The van der Waals surface area contributed by atoms with Crippen molar-refractivity contribution in [2.45, 2.75) is 63.1 Å². The number of amides is 1. The molecule has 7 heteroatoms. The second-order valence-electron chi connectivity index (χ2n) is 8.95. The van der Waals surface area contributed by atoms with Crippen molar-refractivity contribution in [1.82, 2.24) is 9.21 Å². The Kier molecular flexibility index (Phi) is 6.00. The van der Waals surface area contributed by atoms with Gasteiger partial charge in [0.05, 0.1) is 17.1 Å². The standard InChI is InChI=1S/C22H32N2O4S/c1-16-13-24(14-17(2)28-16)29(26,27)21-9-7-19(8-10-21)22(25)23-12-11-18-5-3-4-6-20(18)15-23/h7-10,16-18,20H,3-6,11-15H2,1-2H3/t16-,17+,18-,20+/m0/s1. The number of hydrogen-bond donors (Lipinski definition) is 0. The third-order valence-corrected chi connectivity index (χ3v) is 8.55. The van der Waals surface area contributed by atoms with Crippen LogP contribution in [0.5, 0.6) is 0 Å². The van der Waals surface area contributed by atoms with E-state index in [1.165, 1.54) is 30.0 Å². The predicted octanol–water partition coefficient (Wildman–Crippen LogP) is 3.14. The van der Waals surface area contributed by atoms with E-state index in [0.717, 1.165) is 25.4 Å². The number of fused-ring (bicyclic) bond motifs is 1. The molecule has 1 aromatic rings. The summed E-state index contributed by atoms with van der Waals surface area (Å²) in [6.45, 7) is 6.12. The van der Waals surface area contributed by atoms with Crippen molar-refractivity contribution in [2.24, 2.45) is 11.8 Å². The predicted molar refractivity (Wildman–Crippen MR) is 111 cm³/mol. The van der Waals surface area contributed by atoms with Crippen LogP contribution in [0.4, 0.5) is 0 Å². The average molecular weight is 421 g/mol. The first kappa shape index (κ1) is 20.8. The van der Waals surface area contributed by atoms with Gasteiger partial charge >= 0.3 is 0 Å². The zero-order chi connectivity index (χ0) is 20.6. The van der Waals surface area contributed by atoms with Gasteiger partial charge in [-0.3, -0.25) is 4.79 Å². The Labute approximate surface area is 174 Å². The Morgan fingerprint density at radius 1 is 0.931 bits per heavy atom. The van der Waals surface area contributed by atoms with Crippen molar-refractivity contribution < 1.29 is 17.9 Å². The number of likely N-dealkylation sites (tertiary alicyclic amines) is 1. The van der Waals surface area contributed by atoms with Crippen molar-refractivity contribution in [3.05, 3.63) is 29.8 Å². The molecular weight excluding hydrogens is 388 g/mol. The van der Waals surface area contributed by atoms with Crippen LogP contribution in [0.3, 0.4) is 0 Å². The van der Waals surface area contributed by atoms with Gasteiger partial charge in [-0.15, -0.1) is 0 Å². The summed E-state index contributed by atoms with van der Waals surface area (Å²) in [6, 6.07) is 6.46. The van der Waals surface area contributed by atoms with Crippen molar-refractivity contribution in [2.75, 3.05) is 26.2 Å². The molecule has 4 rings (SSSR count). The zero-order valence-electron chi connectivity index (χ0n) is 17.4. The second kappa shape index (κ2) is 8.36. The van der Waals surface area contributed by atoms with Gasteiger partial charge in [0.15, 0.2) is 0 Å². The lowest BCUT2D eigenvalue weighted by Gasteiger charge is -2.41. The Morgan fingerprint density at radius 2 is 1.55 bits per heavy atom. The fourth-order valence-electron chi connectivity index (χ4n) is 5.21. The number of hydrogen-bond acceptors (Lipinski definition) is 4. The molecule has 3 aliphatic rings. The van der Waals surface area contributed by atoms with Gasteiger partial charge in [-0.1, -0.05) is 19.3 Å². The highest BCUT2D eigenvalue weighted by molar-refractivity contribution is 7.89. The van der Waals surface area contributed by atoms with Crippen LogP contribution >= 0.6 is 0 Å². The third kappa shape index (κ3) is 4.37. The minimum Gasteiger partial charge on any atom is -0.373 e. The maximum absolute atomic E-state index is 13.0. The van der Waals surface area contributed by atoms with Gasteiger partial charge in [0.1, 0.15) is 0 Å². The van der Waals surface area contributed by atoms with Crippen molar-refractivity contribution in [3.8, 4) is 0 Å². The maximum Gasteiger partial charge on any atom is 0.253 e. The lowest BCUT2D eigenvalue weighted by atomic mass is 9.75. The number of sulfonamides is 1. The summed E-state index contributed by atoms with van der Waals surface area (Å²) in [5, 5.41) is 0. The second-order valence-corrected chi connectivity index (χ2v) is 10.9. The molecule has 29 heavy (non-hydrogen) atoms. The smallest absolute Gasteiger partial charge is 0.253 e. The Balaban J connectivity index is 1.45. The Hall–Kier alpha value is -1.44. The molecule has 1 aliphatic carbocycles. The highest BCUT2D eigenvalue weighted by Gasteiger charge is 2.34. The van der Waals surface area contributed by atoms with E-state index in [0.29, 0.717) is 24.6 Å². The van der Waals surface area contributed by atoms with Gasteiger partial charge in [0.25, 0.3) is 5.91 Å². The van der Waals surface area contributed by atoms with E-state index in [4.69, 9.17) is 4.74 Å². The number of piperidine rings is 1. The maximum atomic E-state index is 13.0. The molecule has 3 fully saturated rings. The van der Waals surface area contributed by atoms with Crippen molar-refractivity contribution in [1.29, 1.82) is 0 Å². The summed E-state index contributed by atoms with van der Waals surface area (Å²) < 4.78 is 33.1. The lowest BCUT2D eigenvalue weighted by Crippen LogP contribution is -2.48. The molecule has 160 valence electrons. The first-order valence-corrected chi connectivity index (χ1v) is 12.3. The first-order chi connectivity index (χ1) is 13.8. The molecule has 0 radical (unpaired) electrons. The number of benzene rings is 1. The molecule has 2 saturated heterocycles. The minimum absolute atomic E-state index is 0.0200. The number of carbonyl (C=O) groups excluding carboxylic acids is 1. The topological polar surface area (TPSA) is 66.9 Å². The van der Waals surface area contributed by atoms with E-state index in [1.54, 1.807) is 24.3 Å². The van der Waals surface area contributed by atoms with Gasteiger partial charge in [0, 0.05) is 31.7 Å². The number of morpholine rings is 1. The van der Waals surface area contributed by atoms with E-state index in [-0.39, 0.29) is 23.0 Å². The van der Waals surface area contributed by atoms with Gasteiger partial charge in [0.2, 0.25) is 10.0 Å². The molecule has 0 spiro atoms. The normalized spacial score (nSPS) is 31.3. The molecule has 0 unspecified atom stereocenters. The van der Waals surface area contributed by atoms with Crippen molar-refractivity contribution in [3.63, 3.8) is 0 Å². The molecule has 1 saturated carbocycles. The van der Waals surface area contributed by atoms with Gasteiger partial charge in [-0.05, 0) is 62.8 Å². The van der Waals surface area contributed by atoms with E-state index in [2.05, 4.69) is 0 Å². The molecule has 4 atom stereocenters. The Morgan fingerprint density at radius 3 is 2.21 bits per heavy atom. The SMILES string of the molecule is C[C@@H]1CN(S(=O)(=O)c2ccc(C(=O)N3CC[C@@H]4CCCC[C@@H]4C3)cc2)C[C@H](C)O1. The van der Waals surface area contributed by atoms with Crippen LogP contribution in [0.1, 0.15) is 56.3 Å². The van der Waals surface area contributed by atoms with Crippen LogP contribution in [0.2, 0.25) is 0 Å².